The fraction of sp³-hybridized carbons (Fsp3) is 0.138. The Morgan fingerprint density at radius 2 is 1.33 bits per heavy atom. The van der Waals surface area contributed by atoms with E-state index in [2.05, 4.69) is 5.32 Å². The lowest BCUT2D eigenvalue weighted by atomic mass is 10.2. The first kappa shape index (κ1) is 23.1. The van der Waals surface area contributed by atoms with Crippen molar-refractivity contribution in [1.29, 1.82) is 0 Å². The molecule has 0 bridgehead atoms. The Labute approximate surface area is 207 Å². The number of para-hydroxylation sites is 2. The number of rotatable bonds is 6. The van der Waals surface area contributed by atoms with Gasteiger partial charge in [0.15, 0.2) is 0 Å². The molecule has 0 aliphatic heterocycles. The zero-order chi connectivity index (χ0) is 25.2. The molecule has 180 valence electrons. The Morgan fingerprint density at radius 3 is 1.92 bits per heavy atom. The molecule has 2 aromatic heterocycles. The van der Waals surface area contributed by atoms with Crippen LogP contribution in [0.4, 0.5) is 11.4 Å². The van der Waals surface area contributed by atoms with Crippen LogP contribution in [-0.2, 0) is 6.54 Å². The highest BCUT2D eigenvalue weighted by atomic mass is 16.2. The van der Waals surface area contributed by atoms with E-state index in [0.717, 1.165) is 15.8 Å². The standard InChI is InChI=1S/C29H26N4O3/c1-3-18-31-25(34)19-24(30-21-16-14-20(2)15-17-21)26-27(31)32(22-10-6-4-7-11-22)29(36)33(28(26)35)23-12-8-5-9-13-23/h4-17,19,30H,3,18H2,1-2H3. The first-order valence-corrected chi connectivity index (χ1v) is 11.9. The molecule has 5 rings (SSSR count). The first-order chi connectivity index (χ1) is 17.5. The van der Waals surface area contributed by atoms with Crippen molar-refractivity contribution in [2.75, 3.05) is 5.32 Å². The molecule has 0 saturated heterocycles. The molecule has 36 heavy (non-hydrogen) atoms. The van der Waals surface area contributed by atoms with Gasteiger partial charge >= 0.3 is 5.69 Å². The van der Waals surface area contributed by atoms with Crippen molar-refractivity contribution in [2.45, 2.75) is 26.8 Å². The molecule has 5 aromatic rings. The summed E-state index contributed by atoms with van der Waals surface area (Å²) >= 11 is 0. The van der Waals surface area contributed by atoms with Crippen LogP contribution >= 0.6 is 0 Å². The molecule has 0 saturated carbocycles. The molecule has 0 amide bonds. The number of fused-ring (bicyclic) bond motifs is 1. The van der Waals surface area contributed by atoms with Gasteiger partial charge in [0.05, 0.1) is 17.1 Å². The van der Waals surface area contributed by atoms with Crippen molar-refractivity contribution in [1.82, 2.24) is 13.7 Å². The van der Waals surface area contributed by atoms with Crippen LogP contribution in [0, 0.1) is 6.92 Å². The Balaban J connectivity index is 1.97. The highest BCUT2D eigenvalue weighted by Gasteiger charge is 2.22. The molecule has 2 heterocycles. The number of aryl methyl sites for hydroxylation is 2. The summed E-state index contributed by atoms with van der Waals surface area (Å²) in [4.78, 5) is 41.4. The van der Waals surface area contributed by atoms with Crippen LogP contribution < -0.4 is 22.1 Å². The van der Waals surface area contributed by atoms with Crippen molar-refractivity contribution in [3.8, 4) is 11.4 Å². The van der Waals surface area contributed by atoms with E-state index >= 15 is 0 Å². The van der Waals surface area contributed by atoms with Gasteiger partial charge in [-0.2, -0.15) is 0 Å². The van der Waals surface area contributed by atoms with Crippen LogP contribution in [0.25, 0.3) is 22.4 Å². The van der Waals surface area contributed by atoms with Crippen molar-refractivity contribution < 1.29 is 0 Å². The number of anilines is 2. The second-order valence-corrected chi connectivity index (χ2v) is 8.67. The second kappa shape index (κ2) is 9.54. The minimum Gasteiger partial charge on any atom is -0.355 e. The van der Waals surface area contributed by atoms with E-state index in [4.69, 9.17) is 0 Å². The van der Waals surface area contributed by atoms with Gasteiger partial charge in [0, 0.05) is 18.3 Å². The van der Waals surface area contributed by atoms with Gasteiger partial charge in [-0.25, -0.2) is 13.9 Å². The van der Waals surface area contributed by atoms with Crippen LogP contribution in [0.3, 0.4) is 0 Å². The maximum Gasteiger partial charge on any atom is 0.341 e. The van der Waals surface area contributed by atoms with Gasteiger partial charge in [0.25, 0.3) is 11.1 Å². The van der Waals surface area contributed by atoms with E-state index in [-0.39, 0.29) is 16.6 Å². The summed E-state index contributed by atoms with van der Waals surface area (Å²) in [6, 6.07) is 27.0. The van der Waals surface area contributed by atoms with E-state index in [0.29, 0.717) is 30.0 Å². The normalized spacial score (nSPS) is 11.1. The minimum atomic E-state index is -0.540. The lowest BCUT2D eigenvalue weighted by Gasteiger charge is -2.20. The van der Waals surface area contributed by atoms with E-state index in [1.807, 2.05) is 62.4 Å². The van der Waals surface area contributed by atoms with Crippen molar-refractivity contribution >= 4 is 22.4 Å². The molecule has 0 fully saturated rings. The van der Waals surface area contributed by atoms with Gasteiger partial charge in [-0.3, -0.25) is 14.2 Å². The highest BCUT2D eigenvalue weighted by molar-refractivity contribution is 5.91. The predicted octanol–water partition coefficient (Wildman–Crippen LogP) is 4.77. The fourth-order valence-corrected chi connectivity index (χ4v) is 4.41. The molecule has 0 aliphatic carbocycles. The quantitative estimate of drug-likeness (QED) is 0.382. The largest absolute Gasteiger partial charge is 0.355 e. The monoisotopic (exact) mass is 478 g/mol. The topological polar surface area (TPSA) is 78.0 Å². The summed E-state index contributed by atoms with van der Waals surface area (Å²) in [5.74, 6) is 0. The molecular weight excluding hydrogens is 452 g/mol. The van der Waals surface area contributed by atoms with Crippen LogP contribution in [-0.4, -0.2) is 13.7 Å². The third kappa shape index (κ3) is 4.05. The molecule has 7 heteroatoms. The number of aromatic nitrogens is 3. The zero-order valence-corrected chi connectivity index (χ0v) is 20.1. The molecule has 1 N–H and O–H groups in total. The summed E-state index contributed by atoms with van der Waals surface area (Å²) in [6.45, 7) is 4.30. The molecule has 7 nitrogen and oxygen atoms in total. The minimum absolute atomic E-state index is 0.260. The number of hydrogen-bond donors (Lipinski definition) is 1. The van der Waals surface area contributed by atoms with E-state index in [1.54, 1.807) is 36.4 Å². The maximum atomic E-state index is 14.1. The Hall–Kier alpha value is -4.65. The molecule has 0 atom stereocenters. The van der Waals surface area contributed by atoms with E-state index in [9.17, 15) is 14.4 Å². The smallest absolute Gasteiger partial charge is 0.341 e. The van der Waals surface area contributed by atoms with Gasteiger partial charge in [-0.1, -0.05) is 61.0 Å². The Kier molecular flexibility index (Phi) is 6.12. The second-order valence-electron chi connectivity index (χ2n) is 8.67. The van der Waals surface area contributed by atoms with Gasteiger partial charge in [-0.05, 0) is 49.7 Å². The fourth-order valence-electron chi connectivity index (χ4n) is 4.41. The molecular formula is C29H26N4O3. The number of hydrogen-bond acceptors (Lipinski definition) is 4. The Bertz CT molecular complexity index is 1720. The SMILES string of the molecule is CCCn1c(=O)cc(Nc2ccc(C)cc2)c2c(=O)n(-c3ccccc3)c(=O)n(-c3ccccc3)c21. The predicted molar refractivity (Wildman–Crippen MR) is 144 cm³/mol. The number of benzene rings is 3. The lowest BCUT2D eigenvalue weighted by molar-refractivity contribution is 0.656. The lowest BCUT2D eigenvalue weighted by Crippen LogP contribution is -2.41. The summed E-state index contributed by atoms with van der Waals surface area (Å²) in [7, 11) is 0. The third-order valence-corrected chi connectivity index (χ3v) is 6.10. The average Bonchev–Trinajstić information content (AvgIpc) is 2.89. The Morgan fingerprint density at radius 1 is 0.750 bits per heavy atom. The molecule has 0 unspecified atom stereocenters. The summed E-state index contributed by atoms with van der Waals surface area (Å²) in [6.07, 6.45) is 0.657. The van der Waals surface area contributed by atoms with Gasteiger partial charge in [0.1, 0.15) is 11.0 Å². The van der Waals surface area contributed by atoms with Gasteiger partial charge in [0.2, 0.25) is 0 Å². The summed E-state index contributed by atoms with van der Waals surface area (Å²) < 4.78 is 4.14. The van der Waals surface area contributed by atoms with Crippen molar-refractivity contribution in [3.63, 3.8) is 0 Å². The van der Waals surface area contributed by atoms with Crippen molar-refractivity contribution in [3.05, 3.63) is 128 Å². The summed E-state index contributed by atoms with van der Waals surface area (Å²) in [5.41, 5.74) is 2.14. The number of nitrogens with zero attached hydrogens (tertiary/aromatic N) is 3. The van der Waals surface area contributed by atoms with E-state index < -0.39 is 11.2 Å². The highest BCUT2D eigenvalue weighted by Crippen LogP contribution is 2.24. The van der Waals surface area contributed by atoms with Crippen LogP contribution in [0.1, 0.15) is 18.9 Å². The van der Waals surface area contributed by atoms with Crippen LogP contribution in [0.5, 0.6) is 0 Å². The molecule has 0 radical (unpaired) electrons. The molecule has 0 spiro atoms. The molecule has 3 aromatic carbocycles. The van der Waals surface area contributed by atoms with Crippen molar-refractivity contribution in [2.24, 2.45) is 0 Å². The zero-order valence-electron chi connectivity index (χ0n) is 20.1. The van der Waals surface area contributed by atoms with Crippen LogP contribution in [0.15, 0.2) is 105 Å². The first-order valence-electron chi connectivity index (χ1n) is 11.9. The maximum absolute atomic E-state index is 14.1. The molecule has 0 aliphatic rings. The third-order valence-electron chi connectivity index (χ3n) is 6.10. The number of nitrogens with one attached hydrogen (secondary N) is 1. The summed E-state index contributed by atoms with van der Waals surface area (Å²) in [5, 5.41) is 3.52. The van der Waals surface area contributed by atoms with Gasteiger partial charge in [-0.15, -0.1) is 0 Å². The number of pyridine rings is 1. The average molecular weight is 479 g/mol. The van der Waals surface area contributed by atoms with Crippen LogP contribution in [0.2, 0.25) is 0 Å². The van der Waals surface area contributed by atoms with E-state index in [1.165, 1.54) is 15.2 Å². The van der Waals surface area contributed by atoms with Gasteiger partial charge < -0.3 is 5.32 Å².